The van der Waals surface area contributed by atoms with Gasteiger partial charge in [-0.05, 0) is 137 Å². The van der Waals surface area contributed by atoms with Crippen LogP contribution in [-0.4, -0.2) is 14.1 Å². The average Bonchev–Trinajstić information content (AvgIpc) is 3.84. The third kappa shape index (κ3) is 7.96. The van der Waals surface area contributed by atoms with Crippen LogP contribution in [0.3, 0.4) is 0 Å². The Balaban J connectivity index is 0.00000166. The molecule has 4 nitrogen and oxygen atoms in total. The van der Waals surface area contributed by atoms with Crippen LogP contribution in [0.2, 0.25) is 0 Å². The van der Waals surface area contributed by atoms with E-state index in [9.17, 15) is 0 Å². The highest BCUT2D eigenvalue weighted by Crippen LogP contribution is 2.44. The molecule has 322 valence electrons. The molecule has 9 aromatic rings. The first-order chi connectivity index (χ1) is 32.5. The quantitative estimate of drug-likeness (QED) is 0.181. The van der Waals surface area contributed by atoms with Gasteiger partial charge in [0.2, 0.25) is 0 Å². The normalized spacial score (nSPS) is 16.1. The molecule has 0 unspecified atom stereocenters. The fourth-order valence-electron chi connectivity index (χ4n) is 9.58. The second kappa shape index (κ2) is 18.6. The second-order valence-electron chi connectivity index (χ2n) is 17.1. The van der Waals surface area contributed by atoms with E-state index in [1.165, 1.54) is 78.1 Å². The number of allylic oxidation sites excluding steroid dienone is 8. The summed E-state index contributed by atoms with van der Waals surface area (Å²) in [4.78, 5) is 4.57. The molecule has 0 saturated carbocycles. The number of pyridine rings is 1. The van der Waals surface area contributed by atoms with Gasteiger partial charge in [0.05, 0.1) is 27.9 Å². The van der Waals surface area contributed by atoms with E-state index in [1.54, 1.807) is 0 Å². The maximum Gasteiger partial charge on any atom is 0.0701 e. The predicted molar refractivity (Wildman–Crippen MR) is 282 cm³/mol. The van der Waals surface area contributed by atoms with E-state index < -0.39 is 0 Å². The summed E-state index contributed by atoms with van der Waals surface area (Å²) in [5, 5.41) is 3.78. The highest BCUT2D eigenvalue weighted by atomic mass is 15.0. The number of aromatic nitrogens is 3. The van der Waals surface area contributed by atoms with Crippen molar-refractivity contribution in [3.05, 3.63) is 234 Å². The number of nitrogens with two attached hydrogens (primary N) is 1. The number of fused-ring (bicyclic) bond motifs is 9. The van der Waals surface area contributed by atoms with E-state index >= 15 is 0 Å². The van der Waals surface area contributed by atoms with Crippen LogP contribution in [0, 0.1) is 0 Å². The van der Waals surface area contributed by atoms with Crippen LogP contribution in [-0.2, 0) is 12.8 Å². The summed E-state index contributed by atoms with van der Waals surface area (Å²) >= 11 is 0. The first-order valence-corrected chi connectivity index (χ1v) is 23.4. The Bertz CT molecular complexity index is 3410. The van der Waals surface area contributed by atoms with Gasteiger partial charge in [-0.25, -0.2) is 0 Å². The lowest BCUT2D eigenvalue weighted by Gasteiger charge is -2.21. The summed E-state index contributed by atoms with van der Waals surface area (Å²) in [5.41, 5.74) is 26.3. The molecule has 2 aliphatic rings. The zero-order valence-electron chi connectivity index (χ0n) is 38.0. The Morgan fingerprint density at radius 1 is 0.545 bits per heavy atom. The molecule has 4 heteroatoms. The highest BCUT2D eigenvalue weighted by molar-refractivity contribution is 6.12. The Morgan fingerprint density at radius 2 is 1.14 bits per heavy atom. The lowest BCUT2D eigenvalue weighted by Crippen LogP contribution is -2.05. The third-order valence-electron chi connectivity index (χ3n) is 12.6. The summed E-state index contributed by atoms with van der Waals surface area (Å²) in [6.45, 7) is 6.36. The Kier molecular flexibility index (Phi) is 11.9. The topological polar surface area (TPSA) is 48.8 Å². The molecule has 0 fully saturated rings. The van der Waals surface area contributed by atoms with Gasteiger partial charge in [0.25, 0.3) is 0 Å². The standard InChI is InChI=1S/C59H46N4.C3H8/c1-2-16-54(60)41-17-6-3-11-23-48-51-36-44-30-31-45-37-53-52-35-43(40-26-28-42(29-27-40)55-24-14-15-34-61-55)32-33-57(52)63(47-21-9-5-10-22-47)59(53)39-50(45)49(44)38-58(51)62(46-19-7-4-8-20-46)56(48)25-13-12-18-41;1-3-2/h3-29,32-39H,2,30-31,60H2,1H3;3H2,1-2H3/b6-3+,11-3?,13-12?,17-6?,18-12-,23-11+,25-13+,41-17+,41-18?,48-23?,54-16-,56-25?;. The fourth-order valence-corrected chi connectivity index (χ4v) is 9.58. The maximum atomic E-state index is 6.45. The summed E-state index contributed by atoms with van der Waals surface area (Å²) in [7, 11) is 0. The molecular formula is C62H54N4. The number of nitrogens with zero attached hydrogens (tertiary/aromatic N) is 3. The van der Waals surface area contributed by atoms with E-state index in [-0.39, 0.29) is 0 Å². The molecule has 2 aliphatic carbocycles. The van der Waals surface area contributed by atoms with Crippen molar-refractivity contribution in [1.82, 2.24) is 14.1 Å². The number of para-hydroxylation sites is 2. The smallest absolute Gasteiger partial charge is 0.0701 e. The van der Waals surface area contributed by atoms with Crippen LogP contribution in [0.5, 0.6) is 0 Å². The van der Waals surface area contributed by atoms with Crippen molar-refractivity contribution < 1.29 is 0 Å². The van der Waals surface area contributed by atoms with E-state index in [0.29, 0.717) is 0 Å². The van der Waals surface area contributed by atoms with Gasteiger partial charge in [-0.3, -0.25) is 4.98 Å². The van der Waals surface area contributed by atoms with Crippen molar-refractivity contribution >= 4 is 44.9 Å². The summed E-state index contributed by atoms with van der Waals surface area (Å²) in [5.74, 6) is 0. The average molecular weight is 855 g/mol. The lowest BCUT2D eigenvalue weighted by molar-refractivity contribution is 0.945. The molecule has 0 atom stereocenters. The molecule has 2 N–H and O–H groups in total. The van der Waals surface area contributed by atoms with Crippen molar-refractivity contribution in [1.29, 1.82) is 0 Å². The summed E-state index contributed by atoms with van der Waals surface area (Å²) in [6, 6.07) is 53.2. The molecule has 0 amide bonds. The SMILES string of the molecule is CC/C=C(N)/C1=C/C=C/C=C/c2c(n(-c3ccccc3)c3cc4c(cc23)CCc2cc3c5cc(-c6ccc(-c7ccccn7)cc6)ccc5n(-c5ccccc5)c3cc2-4)/C=C/C=C\1.CCC. The van der Waals surface area contributed by atoms with Crippen LogP contribution >= 0.6 is 0 Å². The van der Waals surface area contributed by atoms with Crippen molar-refractivity contribution in [2.24, 2.45) is 5.73 Å². The van der Waals surface area contributed by atoms with Gasteiger partial charge < -0.3 is 14.9 Å². The van der Waals surface area contributed by atoms with E-state index in [1.807, 2.05) is 18.3 Å². The van der Waals surface area contributed by atoms with Gasteiger partial charge in [0.1, 0.15) is 0 Å². The number of aryl methyl sites for hydroxylation is 2. The first kappa shape index (κ1) is 42.0. The molecule has 3 aromatic heterocycles. The highest BCUT2D eigenvalue weighted by Gasteiger charge is 2.24. The Labute approximate surface area is 388 Å². The van der Waals surface area contributed by atoms with Crippen molar-refractivity contribution in [3.8, 4) is 44.9 Å². The molecule has 0 bridgehead atoms. The van der Waals surface area contributed by atoms with Gasteiger partial charge in [0, 0.05) is 50.6 Å². The summed E-state index contributed by atoms with van der Waals surface area (Å²) < 4.78 is 4.87. The number of hydrogen-bond acceptors (Lipinski definition) is 2. The molecule has 0 spiro atoms. The monoisotopic (exact) mass is 854 g/mol. The molecule has 66 heavy (non-hydrogen) atoms. The zero-order valence-corrected chi connectivity index (χ0v) is 38.0. The van der Waals surface area contributed by atoms with Crippen LogP contribution in [0.4, 0.5) is 0 Å². The lowest BCUT2D eigenvalue weighted by atomic mass is 9.83. The number of hydrogen-bond donors (Lipinski definition) is 1. The Morgan fingerprint density at radius 3 is 1.82 bits per heavy atom. The minimum absolute atomic E-state index is 0.784. The molecular weight excluding hydrogens is 801 g/mol. The minimum Gasteiger partial charge on any atom is -0.399 e. The number of rotatable bonds is 6. The predicted octanol–water partition coefficient (Wildman–Crippen LogP) is 16.0. The minimum atomic E-state index is 0.784. The fraction of sp³-hybridized carbons (Fsp3) is 0.113. The van der Waals surface area contributed by atoms with Gasteiger partial charge in [-0.15, -0.1) is 0 Å². The van der Waals surface area contributed by atoms with Crippen molar-refractivity contribution in [3.63, 3.8) is 0 Å². The van der Waals surface area contributed by atoms with Gasteiger partial charge in [-0.1, -0.05) is 155 Å². The molecule has 6 aromatic carbocycles. The second-order valence-corrected chi connectivity index (χ2v) is 17.1. The molecule has 0 saturated heterocycles. The summed E-state index contributed by atoms with van der Waals surface area (Å²) in [6.07, 6.45) is 27.2. The van der Waals surface area contributed by atoms with Crippen molar-refractivity contribution in [2.45, 2.75) is 46.5 Å². The van der Waals surface area contributed by atoms with E-state index in [2.05, 4.69) is 229 Å². The number of benzene rings is 6. The van der Waals surface area contributed by atoms with Crippen molar-refractivity contribution in [2.75, 3.05) is 0 Å². The van der Waals surface area contributed by atoms with E-state index in [4.69, 9.17) is 5.73 Å². The third-order valence-corrected chi connectivity index (χ3v) is 12.6. The van der Waals surface area contributed by atoms with Crippen LogP contribution in [0.15, 0.2) is 212 Å². The van der Waals surface area contributed by atoms with Gasteiger partial charge in [-0.2, -0.15) is 0 Å². The first-order valence-electron chi connectivity index (χ1n) is 23.4. The van der Waals surface area contributed by atoms with Crippen LogP contribution in [0.1, 0.15) is 56.0 Å². The van der Waals surface area contributed by atoms with Gasteiger partial charge >= 0.3 is 0 Å². The Hall–Kier alpha value is -7.95. The molecule has 11 rings (SSSR count). The molecule has 0 aliphatic heterocycles. The zero-order chi connectivity index (χ0) is 45.0. The molecule has 3 heterocycles. The van der Waals surface area contributed by atoms with Gasteiger partial charge in [0.15, 0.2) is 0 Å². The maximum absolute atomic E-state index is 6.45. The molecule has 0 radical (unpaired) electrons. The van der Waals surface area contributed by atoms with Crippen LogP contribution < -0.4 is 5.73 Å². The largest absolute Gasteiger partial charge is 0.399 e. The van der Waals surface area contributed by atoms with E-state index in [0.717, 1.165) is 58.9 Å². The van der Waals surface area contributed by atoms with Crippen LogP contribution in [0.25, 0.3) is 89.7 Å².